The summed E-state index contributed by atoms with van der Waals surface area (Å²) in [5.41, 5.74) is 0.943. The molecular formula is C16H22N2O3. The Kier molecular flexibility index (Phi) is 4.60. The predicted octanol–water partition coefficient (Wildman–Crippen LogP) is 2.64. The number of nitrogens with one attached hydrogen (secondary N) is 1. The SMILES string of the molecule is Cc1ncc(C(=O)O)cc1C(=O)N[C@@H]1CCC[C@H]1C(C)C. The zero-order chi connectivity index (χ0) is 15.6. The quantitative estimate of drug-likeness (QED) is 0.893. The molecule has 21 heavy (non-hydrogen) atoms. The first-order valence-corrected chi connectivity index (χ1v) is 7.41. The average Bonchev–Trinajstić information content (AvgIpc) is 2.87. The molecular weight excluding hydrogens is 268 g/mol. The van der Waals surface area contributed by atoms with E-state index in [0.717, 1.165) is 19.3 Å². The van der Waals surface area contributed by atoms with Gasteiger partial charge in [-0.15, -0.1) is 0 Å². The van der Waals surface area contributed by atoms with Gasteiger partial charge in [-0.05, 0) is 37.7 Å². The summed E-state index contributed by atoms with van der Waals surface area (Å²) in [7, 11) is 0. The summed E-state index contributed by atoms with van der Waals surface area (Å²) in [6.45, 7) is 6.06. The number of carbonyl (C=O) groups is 2. The number of pyridine rings is 1. The molecule has 0 aliphatic heterocycles. The highest BCUT2D eigenvalue weighted by Gasteiger charge is 2.31. The van der Waals surface area contributed by atoms with Crippen LogP contribution in [0.15, 0.2) is 12.3 Å². The highest BCUT2D eigenvalue weighted by atomic mass is 16.4. The second-order valence-corrected chi connectivity index (χ2v) is 6.08. The number of aromatic carboxylic acids is 1. The van der Waals surface area contributed by atoms with E-state index in [2.05, 4.69) is 24.1 Å². The Morgan fingerprint density at radius 2 is 2.10 bits per heavy atom. The summed E-state index contributed by atoms with van der Waals surface area (Å²) in [5.74, 6) is -0.273. The maximum Gasteiger partial charge on any atom is 0.337 e. The Morgan fingerprint density at radius 1 is 1.38 bits per heavy atom. The summed E-state index contributed by atoms with van der Waals surface area (Å²) in [6, 6.07) is 1.57. The van der Waals surface area contributed by atoms with Crippen LogP contribution in [-0.4, -0.2) is 28.0 Å². The topological polar surface area (TPSA) is 79.3 Å². The van der Waals surface area contributed by atoms with Crippen molar-refractivity contribution >= 4 is 11.9 Å². The van der Waals surface area contributed by atoms with Crippen LogP contribution in [0.2, 0.25) is 0 Å². The second-order valence-electron chi connectivity index (χ2n) is 6.08. The molecule has 5 heteroatoms. The fourth-order valence-corrected chi connectivity index (χ4v) is 3.09. The summed E-state index contributed by atoms with van der Waals surface area (Å²) < 4.78 is 0. The number of hydrogen-bond acceptors (Lipinski definition) is 3. The van der Waals surface area contributed by atoms with E-state index in [0.29, 0.717) is 23.1 Å². The van der Waals surface area contributed by atoms with Crippen molar-refractivity contribution in [3.8, 4) is 0 Å². The minimum atomic E-state index is -1.07. The molecule has 1 aromatic rings. The molecule has 0 aromatic carbocycles. The smallest absolute Gasteiger partial charge is 0.337 e. The molecule has 0 spiro atoms. The average molecular weight is 290 g/mol. The third-order valence-corrected chi connectivity index (χ3v) is 4.32. The first kappa shape index (κ1) is 15.5. The molecule has 114 valence electrons. The number of amides is 1. The van der Waals surface area contributed by atoms with Crippen molar-refractivity contribution in [1.82, 2.24) is 10.3 Å². The Labute approximate surface area is 124 Å². The van der Waals surface area contributed by atoms with Gasteiger partial charge in [0.2, 0.25) is 0 Å². The van der Waals surface area contributed by atoms with Crippen LogP contribution in [0.25, 0.3) is 0 Å². The molecule has 0 saturated heterocycles. The third kappa shape index (κ3) is 3.40. The highest BCUT2D eigenvalue weighted by Crippen LogP contribution is 2.31. The van der Waals surface area contributed by atoms with Gasteiger partial charge in [-0.25, -0.2) is 4.79 Å². The van der Waals surface area contributed by atoms with E-state index < -0.39 is 5.97 Å². The zero-order valence-corrected chi connectivity index (χ0v) is 12.7. The van der Waals surface area contributed by atoms with Crippen molar-refractivity contribution in [2.45, 2.75) is 46.1 Å². The van der Waals surface area contributed by atoms with Crippen molar-refractivity contribution in [2.24, 2.45) is 11.8 Å². The van der Waals surface area contributed by atoms with Gasteiger partial charge in [-0.3, -0.25) is 9.78 Å². The second kappa shape index (κ2) is 6.24. The van der Waals surface area contributed by atoms with Gasteiger partial charge in [0.05, 0.1) is 16.8 Å². The molecule has 2 atom stereocenters. The van der Waals surface area contributed by atoms with Crippen LogP contribution < -0.4 is 5.32 Å². The molecule has 0 radical (unpaired) electrons. The molecule has 1 saturated carbocycles. The van der Waals surface area contributed by atoms with Crippen LogP contribution in [0, 0.1) is 18.8 Å². The van der Waals surface area contributed by atoms with E-state index >= 15 is 0 Å². The Bertz CT molecular complexity index is 554. The fraction of sp³-hybridized carbons (Fsp3) is 0.562. The molecule has 0 unspecified atom stereocenters. The van der Waals surface area contributed by atoms with E-state index in [1.807, 2.05) is 0 Å². The summed E-state index contributed by atoms with van der Waals surface area (Å²) >= 11 is 0. The van der Waals surface area contributed by atoms with Crippen LogP contribution in [-0.2, 0) is 0 Å². The Morgan fingerprint density at radius 3 is 2.71 bits per heavy atom. The molecule has 2 rings (SSSR count). The van der Waals surface area contributed by atoms with Crippen LogP contribution in [0.3, 0.4) is 0 Å². The normalized spacial score (nSPS) is 21.5. The maximum absolute atomic E-state index is 12.4. The lowest BCUT2D eigenvalue weighted by Crippen LogP contribution is -2.39. The molecule has 1 aliphatic rings. The standard InChI is InChI=1S/C16H22N2O3/c1-9(2)12-5-4-6-14(12)18-15(19)13-7-11(16(20)21)8-17-10(13)3/h7-9,12,14H,4-6H2,1-3H3,(H,18,19)(H,20,21)/t12-,14+/m0/s1. The van der Waals surface area contributed by atoms with E-state index in [9.17, 15) is 9.59 Å². The molecule has 5 nitrogen and oxygen atoms in total. The number of carbonyl (C=O) groups excluding carboxylic acids is 1. The van der Waals surface area contributed by atoms with Gasteiger partial charge < -0.3 is 10.4 Å². The minimum Gasteiger partial charge on any atom is -0.478 e. The van der Waals surface area contributed by atoms with Gasteiger partial charge in [0.25, 0.3) is 5.91 Å². The molecule has 1 amide bonds. The zero-order valence-electron chi connectivity index (χ0n) is 12.7. The van der Waals surface area contributed by atoms with Crippen molar-refractivity contribution in [2.75, 3.05) is 0 Å². The van der Waals surface area contributed by atoms with Crippen LogP contribution >= 0.6 is 0 Å². The first-order valence-electron chi connectivity index (χ1n) is 7.41. The Balaban J connectivity index is 2.17. The van der Waals surface area contributed by atoms with Crippen LogP contribution in [0.4, 0.5) is 0 Å². The molecule has 1 aromatic heterocycles. The van der Waals surface area contributed by atoms with Crippen molar-refractivity contribution < 1.29 is 14.7 Å². The van der Waals surface area contributed by atoms with Gasteiger partial charge in [-0.1, -0.05) is 20.3 Å². The van der Waals surface area contributed by atoms with Crippen molar-refractivity contribution in [3.05, 3.63) is 29.1 Å². The number of carboxylic acids is 1. The van der Waals surface area contributed by atoms with Crippen molar-refractivity contribution in [3.63, 3.8) is 0 Å². The van der Waals surface area contributed by atoms with E-state index in [1.54, 1.807) is 6.92 Å². The molecule has 0 bridgehead atoms. The van der Waals surface area contributed by atoms with E-state index in [-0.39, 0.29) is 17.5 Å². The largest absolute Gasteiger partial charge is 0.478 e. The van der Waals surface area contributed by atoms with Gasteiger partial charge >= 0.3 is 5.97 Å². The summed E-state index contributed by atoms with van der Waals surface area (Å²) in [4.78, 5) is 27.4. The first-order chi connectivity index (χ1) is 9.90. The number of hydrogen-bond donors (Lipinski definition) is 2. The molecule has 1 heterocycles. The van der Waals surface area contributed by atoms with E-state index in [4.69, 9.17) is 5.11 Å². The lowest BCUT2D eigenvalue weighted by molar-refractivity contribution is 0.0696. The van der Waals surface area contributed by atoms with Gasteiger partial charge in [0, 0.05) is 12.2 Å². The van der Waals surface area contributed by atoms with Gasteiger partial charge in [-0.2, -0.15) is 0 Å². The summed E-state index contributed by atoms with van der Waals surface area (Å²) in [6.07, 6.45) is 4.52. The lowest BCUT2D eigenvalue weighted by Gasteiger charge is -2.24. The number of carboxylic acid groups (broad SMARTS) is 1. The van der Waals surface area contributed by atoms with Gasteiger partial charge in [0.15, 0.2) is 0 Å². The summed E-state index contributed by atoms with van der Waals surface area (Å²) in [5, 5.41) is 12.1. The van der Waals surface area contributed by atoms with Crippen molar-refractivity contribution in [1.29, 1.82) is 0 Å². The third-order valence-electron chi connectivity index (χ3n) is 4.32. The van der Waals surface area contributed by atoms with Crippen LogP contribution in [0.1, 0.15) is 59.5 Å². The lowest BCUT2D eigenvalue weighted by atomic mass is 9.91. The molecule has 1 aliphatic carbocycles. The van der Waals surface area contributed by atoms with Gasteiger partial charge in [0.1, 0.15) is 0 Å². The number of nitrogens with zero attached hydrogens (tertiary/aromatic N) is 1. The number of aryl methyl sites for hydroxylation is 1. The van der Waals surface area contributed by atoms with E-state index in [1.165, 1.54) is 12.3 Å². The minimum absolute atomic E-state index is 0.0394. The number of aromatic nitrogens is 1. The molecule has 2 N–H and O–H groups in total. The monoisotopic (exact) mass is 290 g/mol. The fourth-order valence-electron chi connectivity index (χ4n) is 3.09. The molecule has 1 fully saturated rings. The number of rotatable bonds is 4. The van der Waals surface area contributed by atoms with Crippen LogP contribution in [0.5, 0.6) is 0 Å². The maximum atomic E-state index is 12.4. The Hall–Kier alpha value is -1.91. The highest BCUT2D eigenvalue weighted by molar-refractivity contribution is 5.98. The predicted molar refractivity (Wildman–Crippen MR) is 79.4 cm³/mol.